The van der Waals surface area contributed by atoms with Crippen LogP contribution in [0, 0.1) is 6.92 Å². The van der Waals surface area contributed by atoms with Crippen molar-refractivity contribution in [3.63, 3.8) is 0 Å². The van der Waals surface area contributed by atoms with Crippen LogP contribution in [-0.4, -0.2) is 21.2 Å². The van der Waals surface area contributed by atoms with Crippen LogP contribution in [0.1, 0.15) is 46.3 Å². The Bertz CT molecular complexity index is 381. The summed E-state index contributed by atoms with van der Waals surface area (Å²) in [5.74, 6) is -0.955. The van der Waals surface area contributed by atoms with E-state index in [0.29, 0.717) is 12.1 Å². The van der Waals surface area contributed by atoms with Crippen LogP contribution in [-0.2, 0) is 6.42 Å². The number of H-pyrrole nitrogens is 1. The molecule has 1 aliphatic rings. The maximum atomic E-state index is 10.8. The molecule has 1 aromatic rings. The van der Waals surface area contributed by atoms with Gasteiger partial charge in [-0.25, -0.2) is 4.79 Å². The summed E-state index contributed by atoms with van der Waals surface area (Å²) in [6.07, 6.45) is 1.98. The second-order valence-electron chi connectivity index (χ2n) is 3.73. The lowest BCUT2D eigenvalue weighted by Crippen LogP contribution is -2.08. The molecule has 14 heavy (non-hydrogen) atoms. The highest BCUT2D eigenvalue weighted by molar-refractivity contribution is 5.88. The number of aliphatic hydroxyl groups is 1. The fourth-order valence-corrected chi connectivity index (χ4v) is 2.09. The van der Waals surface area contributed by atoms with Crippen LogP contribution in [0.4, 0.5) is 0 Å². The summed E-state index contributed by atoms with van der Waals surface area (Å²) in [5, 5.41) is 18.5. The first-order valence-electron chi connectivity index (χ1n) is 4.74. The molecule has 0 amide bonds. The summed E-state index contributed by atoms with van der Waals surface area (Å²) in [6, 6.07) is 0. The second-order valence-corrected chi connectivity index (χ2v) is 3.73. The van der Waals surface area contributed by atoms with Gasteiger partial charge >= 0.3 is 5.97 Å². The summed E-state index contributed by atoms with van der Waals surface area (Å²) in [7, 11) is 0. The number of aromatic carboxylic acids is 1. The molecule has 1 aromatic heterocycles. The van der Waals surface area contributed by atoms with E-state index in [1.807, 2.05) is 0 Å². The van der Waals surface area contributed by atoms with E-state index in [1.54, 1.807) is 6.92 Å². The number of aromatic amines is 1. The first-order chi connectivity index (χ1) is 6.61. The van der Waals surface area contributed by atoms with E-state index < -0.39 is 12.1 Å². The van der Waals surface area contributed by atoms with Gasteiger partial charge in [-0.05, 0) is 37.3 Å². The average Bonchev–Trinajstić information content (AvgIpc) is 2.46. The standard InChI is InChI=1S/C10H13NO3/c1-5-6-3-2-4-7(12)9(6)11-8(5)10(13)14/h7,11-12H,2-4H2,1H3,(H,13,14). The van der Waals surface area contributed by atoms with Crippen molar-refractivity contribution in [2.24, 2.45) is 0 Å². The summed E-state index contributed by atoms with van der Waals surface area (Å²) in [6.45, 7) is 1.79. The van der Waals surface area contributed by atoms with Crippen LogP contribution in [0.15, 0.2) is 0 Å². The van der Waals surface area contributed by atoms with Crippen LogP contribution < -0.4 is 0 Å². The van der Waals surface area contributed by atoms with Crippen LogP contribution in [0.2, 0.25) is 0 Å². The van der Waals surface area contributed by atoms with Crippen molar-refractivity contribution in [1.82, 2.24) is 4.98 Å². The molecule has 0 saturated carbocycles. The number of carboxylic acid groups (broad SMARTS) is 1. The third-order valence-electron chi connectivity index (χ3n) is 2.86. The maximum Gasteiger partial charge on any atom is 0.352 e. The van der Waals surface area contributed by atoms with Crippen LogP contribution in [0.25, 0.3) is 0 Å². The highest BCUT2D eigenvalue weighted by atomic mass is 16.4. The maximum absolute atomic E-state index is 10.8. The van der Waals surface area contributed by atoms with Gasteiger partial charge in [-0.15, -0.1) is 0 Å². The average molecular weight is 195 g/mol. The van der Waals surface area contributed by atoms with Gasteiger partial charge in [0.25, 0.3) is 0 Å². The smallest absolute Gasteiger partial charge is 0.352 e. The lowest BCUT2D eigenvalue weighted by molar-refractivity contribution is 0.0689. The summed E-state index contributed by atoms with van der Waals surface area (Å²) < 4.78 is 0. The molecule has 1 aliphatic carbocycles. The fourth-order valence-electron chi connectivity index (χ4n) is 2.09. The Kier molecular flexibility index (Phi) is 2.07. The molecule has 1 atom stereocenters. The zero-order valence-electron chi connectivity index (χ0n) is 8.00. The van der Waals surface area contributed by atoms with Gasteiger partial charge in [0.1, 0.15) is 5.69 Å². The van der Waals surface area contributed by atoms with E-state index in [0.717, 1.165) is 24.0 Å². The molecule has 1 heterocycles. The molecule has 2 rings (SSSR count). The topological polar surface area (TPSA) is 73.3 Å². The molecule has 0 bridgehead atoms. The van der Waals surface area contributed by atoms with Crippen molar-refractivity contribution in [2.75, 3.05) is 0 Å². The Morgan fingerprint density at radius 1 is 1.57 bits per heavy atom. The predicted molar refractivity (Wildman–Crippen MR) is 50.4 cm³/mol. The van der Waals surface area contributed by atoms with Crippen molar-refractivity contribution in [3.8, 4) is 0 Å². The van der Waals surface area contributed by atoms with E-state index in [4.69, 9.17) is 5.11 Å². The molecule has 4 nitrogen and oxygen atoms in total. The lowest BCUT2D eigenvalue weighted by Gasteiger charge is -2.17. The van der Waals surface area contributed by atoms with Crippen molar-refractivity contribution in [1.29, 1.82) is 0 Å². The lowest BCUT2D eigenvalue weighted by atomic mass is 9.93. The molecule has 76 valence electrons. The quantitative estimate of drug-likeness (QED) is 0.634. The molecule has 3 N–H and O–H groups in total. The number of carboxylic acids is 1. The summed E-state index contributed by atoms with van der Waals surface area (Å²) in [4.78, 5) is 13.6. The van der Waals surface area contributed by atoms with Gasteiger partial charge in [-0.3, -0.25) is 0 Å². The van der Waals surface area contributed by atoms with Crippen LogP contribution >= 0.6 is 0 Å². The monoisotopic (exact) mass is 195 g/mol. The second kappa shape index (κ2) is 3.13. The minimum Gasteiger partial charge on any atom is -0.477 e. The molecular formula is C10H13NO3. The van der Waals surface area contributed by atoms with Gasteiger partial charge in [0, 0.05) is 5.69 Å². The fraction of sp³-hybridized carbons (Fsp3) is 0.500. The highest BCUT2D eigenvalue weighted by Crippen LogP contribution is 2.32. The Morgan fingerprint density at radius 3 is 2.86 bits per heavy atom. The molecule has 0 fully saturated rings. The van der Waals surface area contributed by atoms with Gasteiger partial charge in [-0.2, -0.15) is 0 Å². The number of hydrogen-bond acceptors (Lipinski definition) is 2. The molecule has 0 radical (unpaired) electrons. The minimum atomic E-state index is -0.955. The number of rotatable bonds is 1. The number of aliphatic hydroxyl groups excluding tert-OH is 1. The Morgan fingerprint density at radius 2 is 2.29 bits per heavy atom. The summed E-state index contributed by atoms with van der Waals surface area (Å²) in [5.41, 5.74) is 2.68. The van der Waals surface area contributed by atoms with Crippen molar-refractivity contribution >= 4 is 5.97 Å². The predicted octanol–water partition coefficient (Wildman–Crippen LogP) is 1.39. The van der Waals surface area contributed by atoms with E-state index in [1.165, 1.54) is 0 Å². The first-order valence-corrected chi connectivity index (χ1v) is 4.74. The van der Waals surface area contributed by atoms with Crippen molar-refractivity contribution in [2.45, 2.75) is 32.3 Å². The van der Waals surface area contributed by atoms with Crippen molar-refractivity contribution < 1.29 is 15.0 Å². The summed E-state index contributed by atoms with van der Waals surface area (Å²) >= 11 is 0. The SMILES string of the molecule is Cc1c(C(=O)O)[nH]c2c1CCCC2O. The third-order valence-corrected chi connectivity index (χ3v) is 2.86. The van der Waals surface area contributed by atoms with Crippen molar-refractivity contribution in [3.05, 3.63) is 22.5 Å². The van der Waals surface area contributed by atoms with Gasteiger partial charge in [0.05, 0.1) is 6.10 Å². The highest BCUT2D eigenvalue weighted by Gasteiger charge is 2.25. The van der Waals surface area contributed by atoms with Crippen LogP contribution in [0.5, 0.6) is 0 Å². The third kappa shape index (κ3) is 1.23. The Balaban J connectivity index is 2.54. The van der Waals surface area contributed by atoms with Crippen LogP contribution in [0.3, 0.4) is 0 Å². The number of nitrogens with one attached hydrogen (secondary N) is 1. The van der Waals surface area contributed by atoms with E-state index in [9.17, 15) is 9.90 Å². The molecule has 1 unspecified atom stereocenters. The number of carbonyl (C=O) groups is 1. The van der Waals surface area contributed by atoms with Gasteiger partial charge in [0.15, 0.2) is 0 Å². The molecule has 0 spiro atoms. The Labute approximate surface area is 81.6 Å². The largest absolute Gasteiger partial charge is 0.477 e. The zero-order valence-corrected chi connectivity index (χ0v) is 8.00. The minimum absolute atomic E-state index is 0.218. The number of fused-ring (bicyclic) bond motifs is 1. The number of hydrogen-bond donors (Lipinski definition) is 3. The van der Waals surface area contributed by atoms with Gasteiger partial charge in [0.2, 0.25) is 0 Å². The molecule has 0 saturated heterocycles. The van der Waals surface area contributed by atoms with E-state index >= 15 is 0 Å². The van der Waals surface area contributed by atoms with Gasteiger partial charge in [-0.1, -0.05) is 0 Å². The first kappa shape index (κ1) is 9.27. The molecule has 0 aliphatic heterocycles. The molecule has 0 aromatic carbocycles. The normalized spacial score (nSPS) is 20.6. The van der Waals surface area contributed by atoms with E-state index in [2.05, 4.69) is 4.98 Å². The Hall–Kier alpha value is -1.29. The van der Waals surface area contributed by atoms with Gasteiger partial charge < -0.3 is 15.2 Å². The molecular weight excluding hydrogens is 182 g/mol. The number of aromatic nitrogens is 1. The zero-order chi connectivity index (χ0) is 10.3. The van der Waals surface area contributed by atoms with E-state index in [-0.39, 0.29) is 5.69 Å². The molecule has 4 heteroatoms.